The molecule has 0 atom stereocenters. The van der Waals surface area contributed by atoms with E-state index in [1.54, 1.807) is 11.8 Å². The quantitative estimate of drug-likeness (QED) is 0.715. The monoisotopic (exact) mass is 197 g/mol. The molecule has 0 aliphatic carbocycles. The second-order valence-corrected chi connectivity index (χ2v) is 3.90. The third-order valence-corrected chi connectivity index (χ3v) is 2.96. The smallest absolute Gasteiger partial charge is 0.133 e. The van der Waals surface area contributed by atoms with Crippen LogP contribution in [-0.2, 0) is 17.9 Å². The molecule has 0 unspecified atom stereocenters. The molecule has 2 heterocycles. The first-order valence-electron chi connectivity index (χ1n) is 4.14. The maximum atomic E-state index is 8.73. The molecule has 0 saturated carbocycles. The van der Waals surface area contributed by atoms with Crippen molar-refractivity contribution in [3.63, 3.8) is 0 Å². The van der Waals surface area contributed by atoms with Gasteiger partial charge in [-0.05, 0) is 0 Å². The lowest BCUT2D eigenvalue weighted by Crippen LogP contribution is -2.06. The first kappa shape index (κ1) is 8.77. The Morgan fingerprint density at radius 3 is 3.00 bits per heavy atom. The van der Waals surface area contributed by atoms with Gasteiger partial charge in [0, 0.05) is 23.5 Å². The molecule has 1 aromatic heterocycles. The maximum Gasteiger partial charge on any atom is 0.133 e. The van der Waals surface area contributed by atoms with Crippen LogP contribution in [0.25, 0.3) is 0 Å². The van der Waals surface area contributed by atoms with Gasteiger partial charge < -0.3 is 10.8 Å². The van der Waals surface area contributed by atoms with Gasteiger partial charge in [-0.15, -0.1) is 0 Å². The molecule has 0 amide bonds. The van der Waals surface area contributed by atoms with Crippen LogP contribution in [0.2, 0.25) is 0 Å². The molecule has 0 spiro atoms. The van der Waals surface area contributed by atoms with Gasteiger partial charge in [0.15, 0.2) is 0 Å². The molecular formula is C8H11N3OS. The number of thioether (sulfide) groups is 1. The summed E-state index contributed by atoms with van der Waals surface area (Å²) in [5, 5.41) is 8.73. The summed E-state index contributed by atoms with van der Waals surface area (Å²) in [7, 11) is 0. The van der Waals surface area contributed by atoms with Gasteiger partial charge in [-0.2, -0.15) is 11.8 Å². The van der Waals surface area contributed by atoms with Gasteiger partial charge >= 0.3 is 0 Å². The zero-order valence-electron chi connectivity index (χ0n) is 7.16. The summed E-state index contributed by atoms with van der Waals surface area (Å²) in [4.78, 5) is 8.46. The van der Waals surface area contributed by atoms with Crippen LogP contribution in [0.3, 0.4) is 0 Å². The molecule has 1 aromatic rings. The zero-order valence-corrected chi connectivity index (χ0v) is 7.97. The third kappa shape index (κ3) is 1.62. The minimum Gasteiger partial charge on any atom is -0.396 e. The molecule has 0 saturated heterocycles. The number of nitrogens with zero attached hydrogens (tertiary/aromatic N) is 2. The lowest BCUT2D eigenvalue weighted by Gasteiger charge is -2.04. The van der Waals surface area contributed by atoms with Gasteiger partial charge in [0.2, 0.25) is 0 Å². The summed E-state index contributed by atoms with van der Waals surface area (Å²) < 4.78 is 0. The number of aromatic nitrogens is 2. The fourth-order valence-electron chi connectivity index (χ4n) is 1.34. The van der Waals surface area contributed by atoms with E-state index in [1.165, 1.54) is 0 Å². The molecule has 2 rings (SSSR count). The first-order valence-corrected chi connectivity index (χ1v) is 5.29. The summed E-state index contributed by atoms with van der Waals surface area (Å²) in [6.45, 7) is 0.0748. The van der Waals surface area contributed by atoms with Crippen LogP contribution >= 0.6 is 11.8 Å². The highest BCUT2D eigenvalue weighted by Gasteiger charge is 2.17. The van der Waals surface area contributed by atoms with E-state index < -0.39 is 0 Å². The summed E-state index contributed by atoms with van der Waals surface area (Å²) in [5.74, 6) is 3.07. The van der Waals surface area contributed by atoms with Gasteiger partial charge in [-0.25, -0.2) is 9.97 Å². The molecule has 4 nitrogen and oxygen atoms in total. The maximum absolute atomic E-state index is 8.73. The van der Waals surface area contributed by atoms with E-state index in [0.717, 1.165) is 22.8 Å². The van der Waals surface area contributed by atoms with Gasteiger partial charge in [0.25, 0.3) is 0 Å². The molecule has 3 N–H and O–H groups in total. The molecule has 0 bridgehead atoms. The summed E-state index contributed by atoms with van der Waals surface area (Å²) >= 11 is 1.80. The van der Waals surface area contributed by atoms with Gasteiger partial charge in [-0.1, -0.05) is 0 Å². The Kier molecular flexibility index (Phi) is 2.37. The number of hydrogen-bond acceptors (Lipinski definition) is 5. The lowest BCUT2D eigenvalue weighted by molar-refractivity contribution is 0.296. The average Bonchev–Trinajstić information content (AvgIpc) is 2.53. The van der Waals surface area contributed by atoms with Gasteiger partial charge in [0.05, 0.1) is 12.3 Å². The lowest BCUT2D eigenvalue weighted by atomic mass is 10.2. The highest BCUT2D eigenvalue weighted by Crippen LogP contribution is 2.31. The Morgan fingerprint density at radius 1 is 1.38 bits per heavy atom. The van der Waals surface area contributed by atoms with E-state index in [4.69, 9.17) is 10.8 Å². The molecule has 13 heavy (non-hydrogen) atoms. The number of nitrogen functional groups attached to an aromatic ring is 1. The topological polar surface area (TPSA) is 72.0 Å². The molecule has 0 aromatic carbocycles. The second kappa shape index (κ2) is 3.51. The third-order valence-electron chi connectivity index (χ3n) is 1.99. The number of nitrogens with two attached hydrogens (primary N) is 1. The predicted molar refractivity (Wildman–Crippen MR) is 52.2 cm³/mol. The number of hydrogen-bond donors (Lipinski definition) is 2. The molecule has 1 aliphatic heterocycles. The van der Waals surface area contributed by atoms with Crippen LogP contribution < -0.4 is 5.73 Å². The highest BCUT2D eigenvalue weighted by molar-refractivity contribution is 7.98. The van der Waals surface area contributed by atoms with E-state index in [1.807, 2.05) is 0 Å². The van der Waals surface area contributed by atoms with Crippen LogP contribution in [-0.4, -0.2) is 21.7 Å². The molecule has 70 valence electrons. The number of aliphatic hydroxyl groups is 1. The van der Waals surface area contributed by atoms with Gasteiger partial charge in [0.1, 0.15) is 11.6 Å². The Bertz CT molecular complexity index is 329. The van der Waals surface area contributed by atoms with Crippen molar-refractivity contribution in [2.45, 2.75) is 17.9 Å². The molecular weight excluding hydrogens is 186 g/mol. The SMILES string of the molecule is Nc1nc(CCO)nc2c1CSC2. The first-order chi connectivity index (χ1) is 6.31. The van der Waals surface area contributed by atoms with Crippen molar-refractivity contribution < 1.29 is 5.11 Å². The van der Waals surface area contributed by atoms with Crippen molar-refractivity contribution in [3.05, 3.63) is 17.1 Å². The molecule has 0 fully saturated rings. The van der Waals surface area contributed by atoms with Crippen molar-refractivity contribution in [1.82, 2.24) is 9.97 Å². The van der Waals surface area contributed by atoms with E-state index in [-0.39, 0.29) is 6.61 Å². The van der Waals surface area contributed by atoms with Crippen LogP contribution in [0.1, 0.15) is 17.1 Å². The summed E-state index contributed by atoms with van der Waals surface area (Å²) in [6.07, 6.45) is 0.488. The molecule has 5 heteroatoms. The van der Waals surface area contributed by atoms with E-state index in [2.05, 4.69) is 9.97 Å². The number of fused-ring (bicyclic) bond motifs is 1. The van der Waals surface area contributed by atoms with Crippen molar-refractivity contribution in [1.29, 1.82) is 0 Å². The molecule has 0 radical (unpaired) electrons. The van der Waals surface area contributed by atoms with Crippen LogP contribution in [0.5, 0.6) is 0 Å². The van der Waals surface area contributed by atoms with Crippen molar-refractivity contribution in [3.8, 4) is 0 Å². The number of rotatable bonds is 2. The van der Waals surface area contributed by atoms with E-state index in [9.17, 15) is 0 Å². The fraction of sp³-hybridized carbons (Fsp3) is 0.500. The Labute approximate surface area is 80.6 Å². The van der Waals surface area contributed by atoms with Crippen LogP contribution in [0, 0.1) is 0 Å². The number of anilines is 1. The zero-order chi connectivity index (χ0) is 9.26. The number of aliphatic hydroxyl groups excluding tert-OH is 1. The Morgan fingerprint density at radius 2 is 2.23 bits per heavy atom. The summed E-state index contributed by atoms with van der Waals surface area (Å²) in [6, 6.07) is 0. The van der Waals surface area contributed by atoms with Crippen LogP contribution in [0.15, 0.2) is 0 Å². The average molecular weight is 197 g/mol. The van der Waals surface area contributed by atoms with Crippen molar-refractivity contribution in [2.24, 2.45) is 0 Å². The van der Waals surface area contributed by atoms with Crippen molar-refractivity contribution >= 4 is 17.6 Å². The normalized spacial score (nSPS) is 14.5. The fourth-order valence-corrected chi connectivity index (χ4v) is 2.39. The van der Waals surface area contributed by atoms with E-state index >= 15 is 0 Å². The van der Waals surface area contributed by atoms with Gasteiger partial charge in [-0.3, -0.25) is 0 Å². The van der Waals surface area contributed by atoms with Crippen LogP contribution in [0.4, 0.5) is 5.82 Å². The summed E-state index contributed by atoms with van der Waals surface area (Å²) in [5.41, 5.74) is 7.88. The van der Waals surface area contributed by atoms with E-state index in [0.29, 0.717) is 18.1 Å². The minimum atomic E-state index is 0.0748. The highest BCUT2D eigenvalue weighted by atomic mass is 32.2. The Balaban J connectivity index is 2.37. The predicted octanol–water partition coefficient (Wildman–Crippen LogP) is 0.340. The minimum absolute atomic E-state index is 0.0748. The second-order valence-electron chi connectivity index (χ2n) is 2.92. The van der Waals surface area contributed by atoms with Crippen molar-refractivity contribution in [2.75, 3.05) is 12.3 Å². The largest absolute Gasteiger partial charge is 0.396 e. The standard InChI is InChI=1S/C8H11N3OS/c9-8-5-3-13-4-6(5)10-7(11-8)1-2-12/h12H,1-4H2,(H2,9,10,11). The Hall–Kier alpha value is -0.810. The molecule has 1 aliphatic rings.